The van der Waals surface area contributed by atoms with Crippen LogP contribution in [0.1, 0.15) is 18.6 Å². The van der Waals surface area contributed by atoms with Crippen LogP contribution in [0.5, 0.6) is 0 Å². The van der Waals surface area contributed by atoms with Crippen LogP contribution in [-0.4, -0.2) is 22.1 Å². The summed E-state index contributed by atoms with van der Waals surface area (Å²) in [6, 6.07) is 5.30. The largest absolute Gasteiger partial charge is 0.464 e. The summed E-state index contributed by atoms with van der Waals surface area (Å²) in [5, 5.41) is 10.7. The number of fused-ring (bicyclic) bond motifs is 1. The summed E-state index contributed by atoms with van der Waals surface area (Å²) in [5.41, 5.74) is 0.537. The topological polar surface area (TPSA) is 59.4 Å². The first kappa shape index (κ1) is 11.0. The number of hydrogen-bond acceptors (Lipinski definition) is 5. The second-order valence-corrected chi connectivity index (χ2v) is 4.11. The number of carbonyl (C=O) groups excluding carboxylic acids is 1. The maximum atomic E-state index is 11.3. The molecule has 0 fully saturated rings. The average Bonchev–Trinajstić information content (AvgIpc) is 2.75. The van der Waals surface area contributed by atoms with Crippen molar-refractivity contribution < 1.29 is 14.6 Å². The van der Waals surface area contributed by atoms with Crippen LogP contribution in [0, 0.1) is 0 Å². The van der Waals surface area contributed by atoms with Gasteiger partial charge in [0.1, 0.15) is 0 Å². The molecule has 1 atom stereocenters. The summed E-state index contributed by atoms with van der Waals surface area (Å²) in [6.45, 7) is 1.97. The predicted octanol–water partition coefficient (Wildman–Crippen LogP) is 1.89. The quantitative estimate of drug-likeness (QED) is 0.828. The molecule has 1 aromatic carbocycles. The van der Waals surface area contributed by atoms with Gasteiger partial charge in [-0.1, -0.05) is 12.1 Å². The second kappa shape index (κ2) is 4.59. The normalized spacial score (nSPS) is 12.6. The molecule has 84 valence electrons. The smallest absolute Gasteiger partial charge is 0.339 e. The third-order valence-corrected chi connectivity index (χ3v) is 2.97. The number of benzene rings is 1. The van der Waals surface area contributed by atoms with Crippen LogP contribution >= 0.6 is 11.5 Å². The molecule has 0 saturated carbocycles. The summed E-state index contributed by atoms with van der Waals surface area (Å²) in [5.74, 6) is -0.619. The molecule has 4 nitrogen and oxygen atoms in total. The van der Waals surface area contributed by atoms with Crippen molar-refractivity contribution in [3.05, 3.63) is 30.0 Å². The van der Waals surface area contributed by atoms with E-state index < -0.39 is 12.1 Å². The molecule has 0 spiro atoms. The van der Waals surface area contributed by atoms with Crippen LogP contribution in [-0.2, 0) is 9.53 Å². The lowest BCUT2D eigenvalue weighted by Gasteiger charge is -2.09. The molecular formula is C11H11NO3S. The van der Waals surface area contributed by atoms with Gasteiger partial charge in [0, 0.05) is 11.6 Å². The molecule has 1 unspecified atom stereocenters. The Kier molecular flexibility index (Phi) is 3.17. The summed E-state index contributed by atoms with van der Waals surface area (Å²) in [7, 11) is 0. The van der Waals surface area contributed by atoms with E-state index in [0.29, 0.717) is 5.56 Å². The zero-order valence-corrected chi connectivity index (χ0v) is 9.53. The number of aliphatic hydroxyl groups is 1. The van der Waals surface area contributed by atoms with Crippen LogP contribution in [0.3, 0.4) is 0 Å². The number of nitrogens with zero attached hydrogens (tertiary/aromatic N) is 1. The van der Waals surface area contributed by atoms with Gasteiger partial charge in [-0.2, -0.15) is 4.37 Å². The monoisotopic (exact) mass is 237 g/mol. The van der Waals surface area contributed by atoms with Crippen molar-refractivity contribution >= 4 is 27.6 Å². The van der Waals surface area contributed by atoms with E-state index in [1.165, 1.54) is 11.5 Å². The maximum absolute atomic E-state index is 11.3. The highest BCUT2D eigenvalue weighted by atomic mass is 32.1. The third-order valence-electron chi connectivity index (χ3n) is 2.21. The van der Waals surface area contributed by atoms with E-state index in [0.717, 1.165) is 10.1 Å². The molecule has 1 N–H and O–H groups in total. The minimum Gasteiger partial charge on any atom is -0.464 e. The van der Waals surface area contributed by atoms with Crippen LogP contribution in [0.15, 0.2) is 24.4 Å². The highest BCUT2D eigenvalue weighted by Crippen LogP contribution is 2.23. The zero-order chi connectivity index (χ0) is 11.5. The number of carbonyl (C=O) groups is 1. The van der Waals surface area contributed by atoms with Crippen molar-refractivity contribution in [1.29, 1.82) is 0 Å². The number of ether oxygens (including phenoxy) is 1. The fourth-order valence-corrected chi connectivity index (χ4v) is 2.10. The lowest BCUT2D eigenvalue weighted by molar-refractivity contribution is -0.153. The van der Waals surface area contributed by atoms with E-state index in [-0.39, 0.29) is 6.61 Å². The van der Waals surface area contributed by atoms with Crippen molar-refractivity contribution in [2.75, 3.05) is 6.61 Å². The molecule has 0 aliphatic carbocycles. The fraction of sp³-hybridized carbons (Fsp3) is 0.273. The van der Waals surface area contributed by atoms with Gasteiger partial charge >= 0.3 is 5.97 Å². The van der Waals surface area contributed by atoms with Crippen molar-refractivity contribution in [1.82, 2.24) is 4.37 Å². The highest BCUT2D eigenvalue weighted by molar-refractivity contribution is 7.13. The number of aromatic nitrogens is 1. The van der Waals surface area contributed by atoms with Crippen molar-refractivity contribution in [3.63, 3.8) is 0 Å². The number of rotatable bonds is 3. The molecule has 16 heavy (non-hydrogen) atoms. The van der Waals surface area contributed by atoms with E-state index in [2.05, 4.69) is 4.37 Å². The molecule has 0 amide bonds. The first-order valence-electron chi connectivity index (χ1n) is 4.91. The van der Waals surface area contributed by atoms with Crippen LogP contribution < -0.4 is 0 Å². The van der Waals surface area contributed by atoms with Gasteiger partial charge in [0.15, 0.2) is 6.10 Å². The Balaban J connectivity index is 2.28. The minimum atomic E-state index is -1.22. The molecule has 5 heteroatoms. The van der Waals surface area contributed by atoms with Crippen LogP contribution in [0.25, 0.3) is 10.1 Å². The molecule has 1 heterocycles. The Bertz CT molecular complexity index is 509. The Morgan fingerprint density at radius 2 is 2.44 bits per heavy atom. The fourth-order valence-electron chi connectivity index (χ4n) is 1.40. The van der Waals surface area contributed by atoms with Crippen LogP contribution in [0.4, 0.5) is 0 Å². The van der Waals surface area contributed by atoms with Gasteiger partial charge in [0.05, 0.1) is 11.3 Å². The van der Waals surface area contributed by atoms with Gasteiger partial charge in [-0.25, -0.2) is 4.79 Å². The second-order valence-electron chi connectivity index (χ2n) is 3.28. The van der Waals surface area contributed by atoms with Gasteiger partial charge < -0.3 is 9.84 Å². The summed E-state index contributed by atoms with van der Waals surface area (Å²) >= 11 is 1.33. The van der Waals surface area contributed by atoms with E-state index in [4.69, 9.17) is 4.74 Å². The van der Waals surface area contributed by atoms with Crippen molar-refractivity contribution in [2.24, 2.45) is 0 Å². The summed E-state index contributed by atoms with van der Waals surface area (Å²) < 4.78 is 9.72. The Morgan fingerprint density at radius 3 is 3.19 bits per heavy atom. The first-order chi connectivity index (χ1) is 7.72. The van der Waals surface area contributed by atoms with E-state index in [1.807, 2.05) is 6.07 Å². The standard InChI is InChI=1S/C11H11NO3S/c1-2-15-11(14)10(13)7-3-4-8-6-12-16-9(8)5-7/h3-6,10,13H,2H2,1H3. The lowest BCUT2D eigenvalue weighted by atomic mass is 10.1. The van der Waals surface area contributed by atoms with Gasteiger partial charge in [-0.05, 0) is 30.1 Å². The van der Waals surface area contributed by atoms with Gasteiger partial charge in [0.25, 0.3) is 0 Å². The summed E-state index contributed by atoms with van der Waals surface area (Å²) in [6.07, 6.45) is 0.534. The highest BCUT2D eigenvalue weighted by Gasteiger charge is 2.18. The Morgan fingerprint density at radius 1 is 1.62 bits per heavy atom. The predicted molar refractivity (Wildman–Crippen MR) is 61.2 cm³/mol. The van der Waals surface area contributed by atoms with Crippen molar-refractivity contribution in [3.8, 4) is 0 Å². The number of hydrogen-bond donors (Lipinski definition) is 1. The zero-order valence-electron chi connectivity index (χ0n) is 8.71. The van der Waals surface area contributed by atoms with Crippen LogP contribution in [0.2, 0.25) is 0 Å². The van der Waals surface area contributed by atoms with Crippen molar-refractivity contribution in [2.45, 2.75) is 13.0 Å². The SMILES string of the molecule is CCOC(=O)C(O)c1ccc2cnsc2c1. The van der Waals surface area contributed by atoms with E-state index in [1.54, 1.807) is 25.3 Å². The minimum absolute atomic E-state index is 0.263. The molecule has 0 aliphatic rings. The Labute approximate surface area is 96.6 Å². The molecule has 2 rings (SSSR count). The average molecular weight is 237 g/mol. The maximum Gasteiger partial charge on any atom is 0.339 e. The van der Waals surface area contributed by atoms with Gasteiger partial charge in [-0.3, -0.25) is 0 Å². The van der Waals surface area contributed by atoms with Gasteiger partial charge in [-0.15, -0.1) is 0 Å². The number of esters is 1. The first-order valence-corrected chi connectivity index (χ1v) is 5.68. The van der Waals surface area contributed by atoms with E-state index >= 15 is 0 Å². The molecule has 2 aromatic rings. The number of aliphatic hydroxyl groups excluding tert-OH is 1. The third kappa shape index (κ3) is 2.05. The lowest BCUT2D eigenvalue weighted by Crippen LogP contribution is -2.15. The summed E-state index contributed by atoms with van der Waals surface area (Å²) in [4.78, 5) is 11.3. The molecule has 0 saturated heterocycles. The molecule has 0 radical (unpaired) electrons. The molecule has 0 aliphatic heterocycles. The molecular weight excluding hydrogens is 226 g/mol. The molecule has 0 bridgehead atoms. The van der Waals surface area contributed by atoms with Gasteiger partial charge in [0.2, 0.25) is 0 Å². The molecule has 1 aromatic heterocycles. The Hall–Kier alpha value is -1.46. The van der Waals surface area contributed by atoms with E-state index in [9.17, 15) is 9.90 Å².